The molecule has 0 aliphatic carbocycles. The van der Waals surface area contributed by atoms with Crippen LogP contribution < -0.4 is 0 Å². The molecular formula is C18H31F3O3S2. The van der Waals surface area contributed by atoms with Crippen LogP contribution in [0.15, 0.2) is 34.9 Å². The molecule has 26 heavy (non-hydrogen) atoms. The molecule has 0 aromatic rings. The van der Waals surface area contributed by atoms with Gasteiger partial charge in [0.25, 0.3) is 0 Å². The quantitative estimate of drug-likeness (QED) is 0.232. The van der Waals surface area contributed by atoms with E-state index in [1.54, 1.807) is 5.57 Å². The highest BCUT2D eigenvalue weighted by Gasteiger charge is 2.36. The average Bonchev–Trinajstić information content (AvgIpc) is 2.43. The van der Waals surface area contributed by atoms with E-state index in [1.165, 1.54) is 42.6 Å². The van der Waals surface area contributed by atoms with Gasteiger partial charge in [-0.1, -0.05) is 28.9 Å². The molecule has 8 heteroatoms. The average molecular weight is 417 g/mol. The summed E-state index contributed by atoms with van der Waals surface area (Å²) >= 11 is 0. The van der Waals surface area contributed by atoms with Crippen LogP contribution in [0.2, 0.25) is 0 Å². The Bertz CT molecular complexity index is 583. The van der Waals surface area contributed by atoms with Crippen molar-refractivity contribution in [1.29, 1.82) is 0 Å². The minimum absolute atomic E-state index is 0.542. The Morgan fingerprint density at radius 1 is 0.923 bits per heavy atom. The fourth-order valence-corrected chi connectivity index (χ4v) is 2.27. The first-order chi connectivity index (χ1) is 11.7. The Labute approximate surface area is 159 Å². The van der Waals surface area contributed by atoms with Gasteiger partial charge in [-0.3, -0.25) is 0 Å². The summed E-state index contributed by atoms with van der Waals surface area (Å²) in [6.45, 7) is 8.86. The van der Waals surface area contributed by atoms with Gasteiger partial charge in [0.05, 0.1) is 12.5 Å². The van der Waals surface area contributed by atoms with E-state index in [1.807, 2.05) is 0 Å². The van der Waals surface area contributed by atoms with E-state index in [0.29, 0.717) is 10.9 Å². The number of rotatable bonds is 8. The van der Waals surface area contributed by atoms with E-state index in [2.05, 4.69) is 58.4 Å². The van der Waals surface area contributed by atoms with E-state index in [9.17, 15) is 13.2 Å². The Kier molecular flexibility index (Phi) is 14.2. The fourth-order valence-electron chi connectivity index (χ4n) is 1.65. The molecule has 0 unspecified atom stereocenters. The minimum atomic E-state index is -6.09. The molecule has 0 heterocycles. The van der Waals surface area contributed by atoms with Gasteiger partial charge in [-0.15, -0.1) is 0 Å². The molecule has 0 fully saturated rings. The summed E-state index contributed by atoms with van der Waals surface area (Å²) in [5.74, 6) is 1.25. The summed E-state index contributed by atoms with van der Waals surface area (Å²) < 4.78 is 58.9. The molecule has 0 saturated carbocycles. The maximum atomic E-state index is 10.7. The number of alkyl halides is 3. The second-order valence-electron chi connectivity index (χ2n) is 6.51. The molecule has 0 radical (unpaired) electrons. The first kappa shape index (κ1) is 27.5. The summed E-state index contributed by atoms with van der Waals surface area (Å²) in [6, 6.07) is 0. The Morgan fingerprint density at radius 2 is 1.31 bits per heavy atom. The standard InChI is InChI=1S/C17H31S.CHF3O3S/c1-15(2)9-7-10-16(3)11-8-12-17(4)13-14-18(5)6;2-1(3,4)8(5,6)7/h9,11,13H,7-8,10,12,14H2,1-6H3;(H,5,6,7)/q+1;/p-1. The van der Waals surface area contributed by atoms with Crippen molar-refractivity contribution in [1.82, 2.24) is 0 Å². The van der Waals surface area contributed by atoms with Crippen molar-refractivity contribution in [3.05, 3.63) is 34.9 Å². The van der Waals surface area contributed by atoms with E-state index < -0.39 is 15.6 Å². The minimum Gasteiger partial charge on any atom is -0.741 e. The van der Waals surface area contributed by atoms with Gasteiger partial charge in [0.1, 0.15) is 5.75 Å². The summed E-state index contributed by atoms with van der Waals surface area (Å²) in [7, 11) is -5.55. The van der Waals surface area contributed by atoms with Gasteiger partial charge >= 0.3 is 5.51 Å². The van der Waals surface area contributed by atoms with Crippen molar-refractivity contribution in [3.8, 4) is 0 Å². The zero-order valence-electron chi connectivity index (χ0n) is 16.4. The SMILES string of the molecule is CC(C)=CCCC(C)=CCCC(C)=CC[S+](C)C.O=S(=O)([O-])C(F)(F)F. The topological polar surface area (TPSA) is 57.2 Å². The summed E-state index contributed by atoms with van der Waals surface area (Å²) in [6.07, 6.45) is 16.6. The van der Waals surface area contributed by atoms with Gasteiger partial charge in [-0.2, -0.15) is 13.2 Å². The van der Waals surface area contributed by atoms with Crippen molar-refractivity contribution >= 4 is 21.0 Å². The second kappa shape index (κ2) is 13.4. The molecule has 0 bridgehead atoms. The molecule has 0 aromatic carbocycles. The van der Waals surface area contributed by atoms with Crippen LogP contribution in [-0.4, -0.2) is 36.7 Å². The highest BCUT2D eigenvalue weighted by molar-refractivity contribution is 7.95. The monoisotopic (exact) mass is 416 g/mol. The molecule has 0 aromatic heterocycles. The Morgan fingerprint density at radius 3 is 1.65 bits per heavy atom. The van der Waals surface area contributed by atoms with Crippen molar-refractivity contribution < 1.29 is 26.1 Å². The molecule has 0 aliphatic rings. The third-order valence-corrected chi connectivity index (χ3v) is 4.57. The van der Waals surface area contributed by atoms with Crippen LogP contribution in [-0.2, 0) is 21.0 Å². The second-order valence-corrected chi connectivity index (χ2v) is 10.2. The summed E-state index contributed by atoms with van der Waals surface area (Å²) in [4.78, 5) is 0. The maximum Gasteiger partial charge on any atom is 0.485 e. The number of hydrogen-bond donors (Lipinski definition) is 0. The van der Waals surface area contributed by atoms with E-state index in [0.717, 1.165) is 0 Å². The first-order valence-electron chi connectivity index (χ1n) is 8.17. The fraction of sp³-hybridized carbons (Fsp3) is 0.667. The van der Waals surface area contributed by atoms with Crippen LogP contribution in [0.3, 0.4) is 0 Å². The molecule has 0 N–H and O–H groups in total. The van der Waals surface area contributed by atoms with Crippen LogP contribution >= 0.6 is 0 Å². The molecule has 0 rings (SSSR count). The van der Waals surface area contributed by atoms with Gasteiger partial charge in [-0.25, -0.2) is 8.42 Å². The number of allylic oxidation sites excluding steroid dienone is 5. The number of halogens is 3. The normalized spacial score (nSPS) is 13.3. The van der Waals surface area contributed by atoms with E-state index in [-0.39, 0.29) is 0 Å². The van der Waals surface area contributed by atoms with Crippen molar-refractivity contribution in [2.45, 2.75) is 58.9 Å². The van der Waals surface area contributed by atoms with Crippen molar-refractivity contribution in [2.75, 3.05) is 18.3 Å². The molecule has 154 valence electrons. The highest BCUT2D eigenvalue weighted by atomic mass is 32.2. The smallest absolute Gasteiger partial charge is 0.485 e. The lowest BCUT2D eigenvalue weighted by Crippen LogP contribution is -2.21. The highest BCUT2D eigenvalue weighted by Crippen LogP contribution is 2.20. The summed E-state index contributed by atoms with van der Waals surface area (Å²) in [5, 5.41) is 0. The zero-order valence-corrected chi connectivity index (χ0v) is 18.1. The number of hydrogen-bond acceptors (Lipinski definition) is 3. The zero-order chi connectivity index (χ0) is 21.0. The van der Waals surface area contributed by atoms with Crippen LogP contribution in [0, 0.1) is 0 Å². The van der Waals surface area contributed by atoms with E-state index >= 15 is 0 Å². The van der Waals surface area contributed by atoms with Gasteiger partial charge in [0.15, 0.2) is 10.1 Å². The lowest BCUT2D eigenvalue weighted by molar-refractivity contribution is -0.0517. The van der Waals surface area contributed by atoms with Gasteiger partial charge in [-0.05, 0) is 70.3 Å². The Hall–Kier alpha value is -0.730. The van der Waals surface area contributed by atoms with Crippen LogP contribution in [0.25, 0.3) is 0 Å². The third-order valence-electron chi connectivity index (χ3n) is 3.17. The molecular weight excluding hydrogens is 385 g/mol. The van der Waals surface area contributed by atoms with E-state index in [4.69, 9.17) is 13.0 Å². The van der Waals surface area contributed by atoms with Crippen LogP contribution in [0.1, 0.15) is 53.4 Å². The van der Waals surface area contributed by atoms with Gasteiger partial charge in [0.2, 0.25) is 0 Å². The lowest BCUT2D eigenvalue weighted by atomic mass is 10.1. The first-order valence-corrected chi connectivity index (χ1v) is 11.8. The van der Waals surface area contributed by atoms with Crippen LogP contribution in [0.5, 0.6) is 0 Å². The predicted molar refractivity (Wildman–Crippen MR) is 105 cm³/mol. The lowest BCUT2D eigenvalue weighted by Gasteiger charge is -2.08. The Balaban J connectivity index is 0. The van der Waals surface area contributed by atoms with Gasteiger partial charge < -0.3 is 4.55 Å². The maximum absolute atomic E-state index is 10.7. The van der Waals surface area contributed by atoms with Crippen molar-refractivity contribution in [3.63, 3.8) is 0 Å². The predicted octanol–water partition coefficient (Wildman–Crippen LogP) is 5.33. The molecule has 0 aliphatic heterocycles. The third kappa shape index (κ3) is 18.1. The van der Waals surface area contributed by atoms with Crippen LogP contribution in [0.4, 0.5) is 13.2 Å². The summed E-state index contributed by atoms with van der Waals surface area (Å²) in [5.41, 5.74) is -1.14. The van der Waals surface area contributed by atoms with Gasteiger partial charge in [0, 0.05) is 0 Å². The molecule has 0 atom stereocenters. The molecule has 0 saturated heterocycles. The molecule has 0 amide bonds. The molecule has 3 nitrogen and oxygen atoms in total. The molecule has 0 spiro atoms. The van der Waals surface area contributed by atoms with Crippen molar-refractivity contribution in [2.24, 2.45) is 0 Å². The largest absolute Gasteiger partial charge is 0.741 e.